The molecule has 0 aliphatic heterocycles. The Morgan fingerprint density at radius 2 is 1.89 bits per heavy atom. The number of pyridine rings is 1. The first kappa shape index (κ1) is 18.4. The highest BCUT2D eigenvalue weighted by Gasteiger charge is 2.19. The van der Waals surface area contributed by atoms with Gasteiger partial charge in [0.25, 0.3) is 5.91 Å². The lowest BCUT2D eigenvalue weighted by Gasteiger charge is -2.14. The minimum atomic E-state index is -0.285. The van der Waals surface area contributed by atoms with E-state index in [4.69, 9.17) is 4.74 Å². The molecule has 28 heavy (non-hydrogen) atoms. The van der Waals surface area contributed by atoms with E-state index in [2.05, 4.69) is 10.3 Å². The Balaban J connectivity index is 1.71. The van der Waals surface area contributed by atoms with Crippen LogP contribution in [-0.2, 0) is 0 Å². The highest BCUT2D eigenvalue weighted by atomic mass is 19.1. The standard InChI is InChI=1S/C23H23FN2O2/c1-2-28-22-14-21(15-7-10-17(24)11-8-15)26-20-12-9-16(13-19(20)22)23(27)25-18-5-3-4-6-18/h7-14,18H,2-6H2,1H3,(H,25,27). The number of hydrogen-bond donors (Lipinski definition) is 1. The van der Waals surface area contributed by atoms with E-state index in [1.54, 1.807) is 18.2 Å². The molecule has 1 aromatic heterocycles. The van der Waals surface area contributed by atoms with Crippen LogP contribution in [0.4, 0.5) is 4.39 Å². The van der Waals surface area contributed by atoms with Gasteiger partial charge in [0.2, 0.25) is 0 Å². The number of nitrogens with zero attached hydrogens (tertiary/aromatic N) is 1. The predicted molar refractivity (Wildman–Crippen MR) is 108 cm³/mol. The SMILES string of the molecule is CCOc1cc(-c2ccc(F)cc2)nc2ccc(C(=O)NC3CCCC3)cc12. The fraction of sp³-hybridized carbons (Fsp3) is 0.304. The Morgan fingerprint density at radius 3 is 2.61 bits per heavy atom. The van der Waals surface area contributed by atoms with Crippen molar-refractivity contribution < 1.29 is 13.9 Å². The number of halogens is 1. The van der Waals surface area contributed by atoms with E-state index >= 15 is 0 Å². The zero-order chi connectivity index (χ0) is 19.5. The third-order valence-corrected chi connectivity index (χ3v) is 5.16. The molecule has 1 fully saturated rings. The van der Waals surface area contributed by atoms with Crippen LogP contribution in [0.25, 0.3) is 22.2 Å². The Labute approximate surface area is 163 Å². The molecule has 0 radical (unpaired) electrons. The van der Waals surface area contributed by atoms with Crippen LogP contribution in [0.2, 0.25) is 0 Å². The van der Waals surface area contributed by atoms with Gasteiger partial charge in [-0.3, -0.25) is 4.79 Å². The summed E-state index contributed by atoms with van der Waals surface area (Å²) < 4.78 is 19.1. The Morgan fingerprint density at radius 1 is 1.14 bits per heavy atom. The number of aromatic nitrogens is 1. The Bertz CT molecular complexity index is 995. The molecule has 0 spiro atoms. The van der Waals surface area contributed by atoms with Crippen molar-refractivity contribution in [2.75, 3.05) is 6.61 Å². The molecular weight excluding hydrogens is 355 g/mol. The van der Waals surface area contributed by atoms with Gasteiger partial charge in [0.1, 0.15) is 11.6 Å². The van der Waals surface area contributed by atoms with Gasteiger partial charge in [-0.1, -0.05) is 12.8 Å². The summed E-state index contributed by atoms with van der Waals surface area (Å²) in [5.41, 5.74) is 2.87. The molecule has 2 aromatic carbocycles. The predicted octanol–water partition coefficient (Wildman–Crippen LogP) is 5.11. The van der Waals surface area contributed by atoms with Crippen LogP contribution < -0.4 is 10.1 Å². The lowest BCUT2D eigenvalue weighted by atomic mass is 10.1. The number of carbonyl (C=O) groups excluding carboxylic acids is 1. The summed E-state index contributed by atoms with van der Waals surface area (Å²) in [6, 6.07) is 13.8. The monoisotopic (exact) mass is 378 g/mol. The number of carbonyl (C=O) groups is 1. The number of rotatable bonds is 5. The summed E-state index contributed by atoms with van der Waals surface area (Å²) in [5.74, 6) is 0.327. The van der Waals surface area contributed by atoms with E-state index in [9.17, 15) is 9.18 Å². The van der Waals surface area contributed by atoms with Crippen LogP contribution in [0.15, 0.2) is 48.5 Å². The topological polar surface area (TPSA) is 51.2 Å². The van der Waals surface area contributed by atoms with Gasteiger partial charge in [-0.2, -0.15) is 0 Å². The van der Waals surface area contributed by atoms with E-state index in [1.807, 2.05) is 25.1 Å². The Hall–Kier alpha value is -2.95. The van der Waals surface area contributed by atoms with E-state index < -0.39 is 0 Å². The summed E-state index contributed by atoms with van der Waals surface area (Å²) in [6.07, 6.45) is 4.44. The molecular formula is C23H23FN2O2. The van der Waals surface area contributed by atoms with Crippen molar-refractivity contribution in [3.05, 3.63) is 59.9 Å². The second-order valence-electron chi connectivity index (χ2n) is 7.13. The van der Waals surface area contributed by atoms with Crippen molar-refractivity contribution in [3.63, 3.8) is 0 Å². The maximum Gasteiger partial charge on any atom is 0.251 e. The first-order valence-corrected chi connectivity index (χ1v) is 9.78. The molecule has 144 valence electrons. The fourth-order valence-electron chi connectivity index (χ4n) is 3.72. The number of benzene rings is 2. The van der Waals surface area contributed by atoms with Crippen molar-refractivity contribution >= 4 is 16.8 Å². The fourth-order valence-corrected chi connectivity index (χ4v) is 3.72. The van der Waals surface area contributed by atoms with Crippen LogP contribution in [0, 0.1) is 5.82 Å². The number of fused-ring (bicyclic) bond motifs is 1. The summed E-state index contributed by atoms with van der Waals surface area (Å²) >= 11 is 0. The lowest BCUT2D eigenvalue weighted by molar-refractivity contribution is 0.0938. The smallest absolute Gasteiger partial charge is 0.251 e. The lowest BCUT2D eigenvalue weighted by Crippen LogP contribution is -2.32. The minimum absolute atomic E-state index is 0.0566. The van der Waals surface area contributed by atoms with Crippen LogP contribution in [0.5, 0.6) is 5.75 Å². The van der Waals surface area contributed by atoms with Gasteiger partial charge < -0.3 is 10.1 Å². The van der Waals surface area contributed by atoms with Gasteiger partial charge in [-0.05, 0) is 62.2 Å². The molecule has 3 aromatic rings. The molecule has 0 unspecified atom stereocenters. The molecule has 0 bridgehead atoms. The molecule has 1 N–H and O–H groups in total. The van der Waals surface area contributed by atoms with E-state index in [0.29, 0.717) is 23.6 Å². The zero-order valence-electron chi connectivity index (χ0n) is 15.9. The summed E-state index contributed by atoms with van der Waals surface area (Å²) in [7, 11) is 0. The largest absolute Gasteiger partial charge is 0.493 e. The number of hydrogen-bond acceptors (Lipinski definition) is 3. The molecule has 0 atom stereocenters. The maximum atomic E-state index is 13.2. The van der Waals surface area contributed by atoms with Crippen molar-refractivity contribution in [1.82, 2.24) is 10.3 Å². The van der Waals surface area contributed by atoms with E-state index in [1.165, 1.54) is 25.0 Å². The third kappa shape index (κ3) is 3.84. The highest BCUT2D eigenvalue weighted by Crippen LogP contribution is 2.31. The average Bonchev–Trinajstić information content (AvgIpc) is 3.21. The van der Waals surface area contributed by atoms with Crippen LogP contribution in [0.1, 0.15) is 43.0 Å². The first-order chi connectivity index (χ1) is 13.6. The average molecular weight is 378 g/mol. The van der Waals surface area contributed by atoms with Crippen molar-refractivity contribution in [1.29, 1.82) is 0 Å². The van der Waals surface area contributed by atoms with Crippen LogP contribution in [-0.4, -0.2) is 23.5 Å². The summed E-state index contributed by atoms with van der Waals surface area (Å²) in [6.45, 7) is 2.42. The van der Waals surface area contributed by atoms with Gasteiger partial charge in [0.05, 0.1) is 17.8 Å². The van der Waals surface area contributed by atoms with Crippen LogP contribution in [0.3, 0.4) is 0 Å². The quantitative estimate of drug-likeness (QED) is 0.671. The molecule has 1 aliphatic carbocycles. The van der Waals surface area contributed by atoms with Crippen LogP contribution >= 0.6 is 0 Å². The number of amides is 1. The van der Waals surface area contributed by atoms with Gasteiger partial charge >= 0.3 is 0 Å². The molecule has 4 nitrogen and oxygen atoms in total. The third-order valence-electron chi connectivity index (χ3n) is 5.16. The zero-order valence-corrected chi connectivity index (χ0v) is 15.9. The van der Waals surface area contributed by atoms with Crippen molar-refractivity contribution in [2.45, 2.75) is 38.6 Å². The molecule has 1 aliphatic rings. The molecule has 1 amide bonds. The molecule has 0 saturated heterocycles. The van der Waals surface area contributed by atoms with Gasteiger partial charge in [0, 0.05) is 28.6 Å². The minimum Gasteiger partial charge on any atom is -0.493 e. The van der Waals surface area contributed by atoms with Gasteiger partial charge in [0.15, 0.2) is 0 Å². The second-order valence-corrected chi connectivity index (χ2v) is 7.13. The van der Waals surface area contributed by atoms with Gasteiger partial charge in [-0.25, -0.2) is 9.37 Å². The molecule has 1 heterocycles. The number of nitrogens with one attached hydrogen (secondary N) is 1. The van der Waals surface area contributed by atoms with Gasteiger partial charge in [-0.15, -0.1) is 0 Å². The normalized spacial score (nSPS) is 14.4. The second kappa shape index (κ2) is 7.97. The summed E-state index contributed by atoms with van der Waals surface area (Å²) in [5, 5.41) is 3.92. The van der Waals surface area contributed by atoms with Crippen molar-refractivity contribution in [2.24, 2.45) is 0 Å². The summed E-state index contributed by atoms with van der Waals surface area (Å²) in [4.78, 5) is 17.3. The number of ether oxygens (including phenoxy) is 1. The maximum absolute atomic E-state index is 13.2. The van der Waals surface area contributed by atoms with E-state index in [0.717, 1.165) is 29.3 Å². The molecule has 1 saturated carbocycles. The molecule has 5 heteroatoms. The highest BCUT2D eigenvalue weighted by molar-refractivity contribution is 6.00. The first-order valence-electron chi connectivity index (χ1n) is 9.78. The van der Waals surface area contributed by atoms with Crippen molar-refractivity contribution in [3.8, 4) is 17.0 Å². The van der Waals surface area contributed by atoms with E-state index in [-0.39, 0.29) is 17.8 Å². The Kier molecular flexibility index (Phi) is 5.24. The molecule has 4 rings (SSSR count).